The lowest BCUT2D eigenvalue weighted by atomic mass is 10.00. The number of carbonyl (C=O) groups is 2. The molecule has 0 aliphatic rings. The number of pyridine rings is 1. The molecule has 0 aliphatic carbocycles. The van der Waals surface area contributed by atoms with Crippen molar-refractivity contribution in [2.24, 2.45) is 0 Å². The average Bonchev–Trinajstić information content (AvgIpc) is 2.61. The Morgan fingerprint density at radius 2 is 1.75 bits per heavy atom. The minimum atomic E-state index is -1.61. The van der Waals surface area contributed by atoms with Crippen LogP contribution in [0.4, 0.5) is 0 Å². The van der Waals surface area contributed by atoms with E-state index in [9.17, 15) is 14.8 Å². The lowest BCUT2D eigenvalue weighted by Crippen LogP contribution is -2.33. The number of hydrogen-bond acceptors (Lipinski definition) is 4. The Morgan fingerprint density at radius 3 is 2.38 bits per heavy atom. The summed E-state index contributed by atoms with van der Waals surface area (Å²) < 4.78 is 5.67. The number of fused-ring (bicyclic) bond motifs is 1. The minimum absolute atomic E-state index is 0.00348. The molecule has 1 N–H and O–H groups in total. The first kappa shape index (κ1) is 15.5. The van der Waals surface area contributed by atoms with E-state index in [-0.39, 0.29) is 11.3 Å². The normalized spacial score (nSPS) is 10.5. The number of hydrogen-bond donors (Lipinski definition) is 1. The third-order valence-corrected chi connectivity index (χ3v) is 3.72. The zero-order valence-corrected chi connectivity index (χ0v) is 12.7. The van der Waals surface area contributed by atoms with E-state index >= 15 is 0 Å². The molecule has 0 unspecified atom stereocenters. The van der Waals surface area contributed by atoms with Gasteiger partial charge in [-0.1, -0.05) is 12.1 Å². The molecule has 0 bridgehead atoms. The molecular weight excluding hydrogens is 310 g/mol. The number of methoxy groups -OCH3 is 1. The molecule has 3 rings (SSSR count). The number of rotatable bonds is 4. The summed E-state index contributed by atoms with van der Waals surface area (Å²) >= 11 is 0. The Kier molecular flexibility index (Phi) is 3.87. The number of carbonyl (C=O) groups excluding carboxylic acids is 1. The lowest BCUT2D eigenvalue weighted by Gasteiger charge is -2.11. The highest BCUT2D eigenvalue weighted by Crippen LogP contribution is 2.26. The summed E-state index contributed by atoms with van der Waals surface area (Å²) in [4.78, 5) is 23.2. The zero-order valence-electron chi connectivity index (χ0n) is 12.7. The number of Topliss-reactive ketones (excluding diaryl/α,β-unsaturated/α-hetero) is 1. The first-order valence-electron chi connectivity index (χ1n) is 7.10. The van der Waals surface area contributed by atoms with Crippen molar-refractivity contribution in [1.29, 1.82) is 0 Å². The van der Waals surface area contributed by atoms with Gasteiger partial charge in [0.15, 0.2) is 0 Å². The summed E-state index contributed by atoms with van der Waals surface area (Å²) in [5.74, 6) is -2.15. The molecule has 0 atom stereocenters. The number of benzene rings is 2. The molecule has 1 aromatic heterocycles. The van der Waals surface area contributed by atoms with Crippen molar-refractivity contribution in [3.63, 3.8) is 0 Å². The second kappa shape index (κ2) is 6.00. The van der Waals surface area contributed by atoms with Crippen LogP contribution in [0.15, 0.2) is 54.6 Å². The van der Waals surface area contributed by atoms with Crippen LogP contribution in [0.25, 0.3) is 22.2 Å². The number of ether oxygens (including phenoxy) is 1. The smallest absolute Gasteiger partial charge is 0.377 e. The molecule has 0 spiro atoms. The molecule has 120 valence electrons. The van der Waals surface area contributed by atoms with Gasteiger partial charge in [-0.15, -0.1) is 0 Å². The van der Waals surface area contributed by atoms with E-state index in [4.69, 9.17) is 9.84 Å². The summed E-state index contributed by atoms with van der Waals surface area (Å²) in [5, 5.41) is 22.3. The van der Waals surface area contributed by atoms with Crippen LogP contribution in [0.2, 0.25) is 0 Å². The van der Waals surface area contributed by atoms with E-state index in [1.807, 2.05) is 0 Å². The predicted octanol–water partition coefficient (Wildman–Crippen LogP) is 2.42. The van der Waals surface area contributed by atoms with Crippen LogP contribution in [0.1, 0.15) is 10.4 Å². The van der Waals surface area contributed by atoms with E-state index in [0.29, 0.717) is 26.9 Å². The molecule has 1 heterocycles. The maximum atomic E-state index is 12.8. The fraction of sp³-hybridized carbons (Fsp3) is 0.0556. The summed E-state index contributed by atoms with van der Waals surface area (Å²) in [6.45, 7) is 0. The number of aliphatic carboxylic acids is 1. The molecule has 24 heavy (non-hydrogen) atoms. The monoisotopic (exact) mass is 323 g/mol. The number of carboxylic acids is 1. The van der Waals surface area contributed by atoms with Gasteiger partial charge >= 0.3 is 5.97 Å². The molecule has 3 aromatic rings. The highest BCUT2D eigenvalue weighted by Gasteiger charge is 2.27. The first-order valence-corrected chi connectivity index (χ1v) is 7.10. The van der Waals surface area contributed by atoms with Crippen molar-refractivity contribution in [2.45, 2.75) is 0 Å². The topological polar surface area (TPSA) is 90.5 Å². The van der Waals surface area contributed by atoms with Crippen LogP contribution >= 0.6 is 0 Å². The van der Waals surface area contributed by atoms with Crippen molar-refractivity contribution >= 4 is 22.7 Å². The zero-order chi connectivity index (χ0) is 17.3. The van der Waals surface area contributed by atoms with Gasteiger partial charge in [-0.05, 0) is 36.4 Å². The van der Waals surface area contributed by atoms with Crippen molar-refractivity contribution < 1.29 is 24.2 Å². The SMILES string of the molecule is COc1ccc(-c2c(C(=O)C(=O)O)cc3ccccc3[n+]2[O-])cc1. The van der Waals surface area contributed by atoms with Crippen LogP contribution in [-0.2, 0) is 4.79 Å². The summed E-state index contributed by atoms with van der Waals surface area (Å²) in [5.41, 5.74) is 0.636. The Bertz CT molecular complexity index is 948. The van der Waals surface area contributed by atoms with Crippen LogP contribution in [0.3, 0.4) is 0 Å². The van der Waals surface area contributed by atoms with E-state index in [1.54, 1.807) is 48.5 Å². The summed E-state index contributed by atoms with van der Waals surface area (Å²) in [6.07, 6.45) is 0. The highest BCUT2D eigenvalue weighted by molar-refractivity contribution is 6.41. The molecule has 6 heteroatoms. The lowest BCUT2D eigenvalue weighted by molar-refractivity contribution is -0.565. The van der Waals surface area contributed by atoms with Gasteiger partial charge in [-0.3, -0.25) is 4.79 Å². The molecule has 0 aliphatic heterocycles. The van der Waals surface area contributed by atoms with Gasteiger partial charge in [0, 0.05) is 17.0 Å². The van der Waals surface area contributed by atoms with Crippen LogP contribution in [0, 0.1) is 5.21 Å². The number of para-hydroxylation sites is 1. The quantitative estimate of drug-likeness (QED) is 0.345. The Labute approximate surface area is 137 Å². The van der Waals surface area contributed by atoms with Gasteiger partial charge < -0.3 is 15.1 Å². The largest absolute Gasteiger partial charge is 0.618 e. The first-order chi connectivity index (χ1) is 11.5. The fourth-order valence-electron chi connectivity index (χ4n) is 2.56. The Morgan fingerprint density at radius 1 is 1.08 bits per heavy atom. The van der Waals surface area contributed by atoms with E-state index in [2.05, 4.69) is 0 Å². The standard InChI is InChI=1S/C18H13NO5/c1-24-13-8-6-11(7-9-13)16-14(17(20)18(21)22)10-12-4-2-3-5-15(12)19(16)23/h2-10H,1H3,(H,21,22). The molecule has 2 aromatic carbocycles. The molecule has 0 amide bonds. The van der Waals surface area contributed by atoms with Crippen molar-refractivity contribution in [3.8, 4) is 17.0 Å². The van der Waals surface area contributed by atoms with Crippen LogP contribution < -0.4 is 9.47 Å². The third-order valence-electron chi connectivity index (χ3n) is 3.72. The number of carboxylic acid groups (broad SMARTS) is 1. The maximum Gasteiger partial charge on any atom is 0.377 e. The van der Waals surface area contributed by atoms with Gasteiger partial charge in [-0.25, -0.2) is 4.79 Å². The maximum absolute atomic E-state index is 12.8. The molecular formula is C18H13NO5. The van der Waals surface area contributed by atoms with Crippen molar-refractivity contribution in [3.05, 3.63) is 65.4 Å². The van der Waals surface area contributed by atoms with E-state index in [1.165, 1.54) is 13.2 Å². The predicted molar refractivity (Wildman–Crippen MR) is 86.9 cm³/mol. The third kappa shape index (κ3) is 2.54. The number of aromatic nitrogens is 1. The highest BCUT2D eigenvalue weighted by atomic mass is 16.5. The van der Waals surface area contributed by atoms with Gasteiger partial charge in [0.05, 0.1) is 7.11 Å². The van der Waals surface area contributed by atoms with Gasteiger partial charge in [0.25, 0.3) is 5.78 Å². The summed E-state index contributed by atoms with van der Waals surface area (Å²) in [6, 6.07) is 14.6. The molecule has 0 radical (unpaired) electrons. The fourth-order valence-corrected chi connectivity index (χ4v) is 2.56. The van der Waals surface area contributed by atoms with Crippen LogP contribution in [-0.4, -0.2) is 24.0 Å². The Hall–Kier alpha value is -3.41. The molecule has 6 nitrogen and oxygen atoms in total. The molecule has 0 fully saturated rings. The van der Waals surface area contributed by atoms with Gasteiger partial charge in [0.1, 0.15) is 11.3 Å². The summed E-state index contributed by atoms with van der Waals surface area (Å²) in [7, 11) is 1.51. The molecule has 0 saturated heterocycles. The van der Waals surface area contributed by atoms with Gasteiger partial charge in [-0.2, -0.15) is 4.73 Å². The van der Waals surface area contributed by atoms with Gasteiger partial charge in [0.2, 0.25) is 11.2 Å². The number of nitrogens with zero attached hydrogens (tertiary/aromatic N) is 1. The van der Waals surface area contributed by atoms with E-state index < -0.39 is 11.8 Å². The minimum Gasteiger partial charge on any atom is -0.618 e. The van der Waals surface area contributed by atoms with Crippen molar-refractivity contribution in [2.75, 3.05) is 7.11 Å². The van der Waals surface area contributed by atoms with Crippen LogP contribution in [0.5, 0.6) is 5.75 Å². The average molecular weight is 323 g/mol. The van der Waals surface area contributed by atoms with E-state index in [0.717, 1.165) is 0 Å². The second-order valence-corrected chi connectivity index (χ2v) is 5.12. The van der Waals surface area contributed by atoms with Crippen molar-refractivity contribution in [1.82, 2.24) is 0 Å². The number of ketones is 1. The second-order valence-electron chi connectivity index (χ2n) is 5.12. The molecule has 0 saturated carbocycles. The Balaban J connectivity index is 2.34.